The van der Waals surface area contributed by atoms with Crippen LogP contribution in [0.1, 0.15) is 6.92 Å². The Bertz CT molecular complexity index is 135. The summed E-state index contributed by atoms with van der Waals surface area (Å²) in [5.74, 6) is 0. The van der Waals surface area contributed by atoms with Gasteiger partial charge in [0, 0.05) is 10.7 Å². The highest BCUT2D eigenvalue weighted by atomic mass is 35.5. The molecule has 0 saturated heterocycles. The fourth-order valence-corrected chi connectivity index (χ4v) is 0.429. The van der Waals surface area contributed by atoms with Crippen LogP contribution in [0.4, 0.5) is 0 Å². The molecule has 44 valence electrons. The van der Waals surface area contributed by atoms with E-state index in [1.165, 1.54) is 12.2 Å². The molecule has 1 nitrogen and oxygen atoms in total. The molecule has 0 atom stereocenters. The van der Waals surface area contributed by atoms with Gasteiger partial charge in [-0.25, -0.2) is 0 Å². The second-order valence-electron chi connectivity index (χ2n) is 1.42. The van der Waals surface area contributed by atoms with Crippen LogP contribution in [0.5, 0.6) is 0 Å². The number of hydrogen-bond acceptors (Lipinski definition) is 1. The van der Waals surface area contributed by atoms with E-state index >= 15 is 0 Å². The van der Waals surface area contributed by atoms with Crippen molar-refractivity contribution < 1.29 is 0 Å². The Labute approximate surface area is 54.2 Å². The normalized spacial score (nSPS) is 11.0. The maximum atomic E-state index is 6.92. The smallest absolute Gasteiger partial charge is 0.0417 e. The van der Waals surface area contributed by atoms with Gasteiger partial charge in [0.2, 0.25) is 0 Å². The van der Waals surface area contributed by atoms with Crippen LogP contribution < -0.4 is 0 Å². The van der Waals surface area contributed by atoms with E-state index in [1.807, 2.05) is 0 Å². The summed E-state index contributed by atoms with van der Waals surface area (Å²) in [6.07, 6.45) is 3.04. The monoisotopic (exact) mass is 129 g/mol. The van der Waals surface area contributed by atoms with Crippen molar-refractivity contribution in [2.45, 2.75) is 6.92 Å². The number of allylic oxidation sites excluding steroid dienone is 3. The first-order valence-corrected chi connectivity index (χ1v) is 2.59. The summed E-state index contributed by atoms with van der Waals surface area (Å²) >= 11 is 5.46. The zero-order valence-corrected chi connectivity index (χ0v) is 5.50. The predicted octanol–water partition coefficient (Wildman–Crippen LogP) is 2.33. The van der Waals surface area contributed by atoms with Crippen molar-refractivity contribution in [3.8, 4) is 0 Å². The third-order valence-electron chi connectivity index (χ3n) is 0.549. The Morgan fingerprint density at radius 2 is 2.25 bits per heavy atom. The van der Waals surface area contributed by atoms with Crippen molar-refractivity contribution in [2.75, 3.05) is 0 Å². The van der Waals surface area contributed by atoms with Crippen LogP contribution in [0.25, 0.3) is 0 Å². The SMILES string of the molecule is C=C/C(Cl)=C\C(C)=N. The van der Waals surface area contributed by atoms with E-state index < -0.39 is 0 Å². The van der Waals surface area contributed by atoms with Gasteiger partial charge >= 0.3 is 0 Å². The topological polar surface area (TPSA) is 23.9 Å². The average Bonchev–Trinajstić information content (AvgIpc) is 1.65. The summed E-state index contributed by atoms with van der Waals surface area (Å²) in [5, 5.41) is 7.43. The third-order valence-corrected chi connectivity index (χ3v) is 0.813. The summed E-state index contributed by atoms with van der Waals surface area (Å²) in [6, 6.07) is 0. The first-order chi connectivity index (χ1) is 3.66. The zero-order chi connectivity index (χ0) is 6.57. The van der Waals surface area contributed by atoms with Crippen LogP contribution in [0.2, 0.25) is 0 Å². The lowest BCUT2D eigenvalue weighted by molar-refractivity contribution is 1.49. The molecule has 8 heavy (non-hydrogen) atoms. The second kappa shape index (κ2) is 3.44. The molecular weight excluding hydrogens is 122 g/mol. The molecule has 0 rings (SSSR count). The Morgan fingerprint density at radius 1 is 1.75 bits per heavy atom. The first kappa shape index (κ1) is 7.44. The third kappa shape index (κ3) is 3.62. The molecule has 0 aromatic carbocycles. The minimum Gasteiger partial charge on any atom is -0.306 e. The van der Waals surface area contributed by atoms with E-state index in [-0.39, 0.29) is 0 Å². The lowest BCUT2D eigenvalue weighted by Crippen LogP contribution is -1.78. The van der Waals surface area contributed by atoms with E-state index in [4.69, 9.17) is 17.0 Å². The Morgan fingerprint density at radius 3 is 2.38 bits per heavy atom. The summed E-state index contributed by atoms with van der Waals surface area (Å²) in [5.41, 5.74) is 0.440. The molecule has 0 heterocycles. The number of halogens is 1. The van der Waals surface area contributed by atoms with Gasteiger partial charge < -0.3 is 5.41 Å². The molecular formula is C6H8ClN. The molecule has 2 heteroatoms. The highest BCUT2D eigenvalue weighted by Crippen LogP contribution is 2.00. The molecule has 0 aromatic rings. The van der Waals surface area contributed by atoms with Crippen LogP contribution in [-0.4, -0.2) is 5.71 Å². The Balaban J connectivity index is 3.94. The summed E-state index contributed by atoms with van der Waals surface area (Å²) in [7, 11) is 0. The van der Waals surface area contributed by atoms with Gasteiger partial charge in [0.15, 0.2) is 0 Å². The van der Waals surface area contributed by atoms with Crippen LogP contribution in [0, 0.1) is 5.41 Å². The average molecular weight is 130 g/mol. The van der Waals surface area contributed by atoms with E-state index in [1.54, 1.807) is 6.92 Å². The molecule has 0 unspecified atom stereocenters. The van der Waals surface area contributed by atoms with Crippen molar-refractivity contribution in [3.05, 3.63) is 23.8 Å². The van der Waals surface area contributed by atoms with Crippen LogP contribution in [-0.2, 0) is 0 Å². The van der Waals surface area contributed by atoms with Crippen molar-refractivity contribution in [1.29, 1.82) is 5.41 Å². The minimum absolute atomic E-state index is 0.440. The van der Waals surface area contributed by atoms with Gasteiger partial charge in [-0.2, -0.15) is 0 Å². The predicted molar refractivity (Wildman–Crippen MR) is 37.5 cm³/mol. The van der Waals surface area contributed by atoms with Gasteiger partial charge in [-0.15, -0.1) is 0 Å². The molecule has 0 aliphatic carbocycles. The lowest BCUT2D eigenvalue weighted by Gasteiger charge is -1.83. The molecule has 0 bridgehead atoms. The molecule has 0 amide bonds. The number of rotatable bonds is 2. The van der Waals surface area contributed by atoms with E-state index in [9.17, 15) is 0 Å². The van der Waals surface area contributed by atoms with Gasteiger partial charge in [0.05, 0.1) is 0 Å². The Kier molecular flexibility index (Phi) is 3.20. The molecule has 0 radical (unpaired) electrons. The van der Waals surface area contributed by atoms with Crippen molar-refractivity contribution in [2.24, 2.45) is 0 Å². The van der Waals surface area contributed by atoms with Gasteiger partial charge in [0.1, 0.15) is 0 Å². The maximum Gasteiger partial charge on any atom is 0.0417 e. The van der Waals surface area contributed by atoms with Gasteiger partial charge in [-0.05, 0) is 13.0 Å². The summed E-state index contributed by atoms with van der Waals surface area (Å²) < 4.78 is 0. The first-order valence-electron chi connectivity index (χ1n) is 2.21. The van der Waals surface area contributed by atoms with Crippen LogP contribution >= 0.6 is 11.6 Å². The van der Waals surface area contributed by atoms with Crippen molar-refractivity contribution in [3.63, 3.8) is 0 Å². The number of hydrogen-bond donors (Lipinski definition) is 1. The number of nitrogens with one attached hydrogen (secondary N) is 1. The van der Waals surface area contributed by atoms with Gasteiger partial charge in [-0.3, -0.25) is 0 Å². The Hall–Kier alpha value is -0.560. The molecule has 0 aliphatic heterocycles. The molecule has 0 saturated carbocycles. The van der Waals surface area contributed by atoms with Crippen LogP contribution in [0.15, 0.2) is 23.8 Å². The molecule has 0 spiro atoms. The van der Waals surface area contributed by atoms with E-state index in [0.717, 1.165) is 0 Å². The maximum absolute atomic E-state index is 6.92. The second-order valence-corrected chi connectivity index (χ2v) is 1.85. The van der Waals surface area contributed by atoms with Crippen molar-refractivity contribution >= 4 is 17.3 Å². The van der Waals surface area contributed by atoms with Crippen LogP contribution in [0.3, 0.4) is 0 Å². The summed E-state index contributed by atoms with van der Waals surface area (Å²) in [4.78, 5) is 0. The lowest BCUT2D eigenvalue weighted by atomic mass is 10.4. The molecule has 0 aromatic heterocycles. The van der Waals surface area contributed by atoms with E-state index in [2.05, 4.69) is 6.58 Å². The highest BCUT2D eigenvalue weighted by Gasteiger charge is 1.81. The molecule has 0 fully saturated rings. The quantitative estimate of drug-likeness (QED) is 0.437. The standard InChI is InChI=1S/C6H8ClN/c1-3-6(7)4-5(2)8/h3-4,8H,1H2,2H3/b6-4+,8-5?. The minimum atomic E-state index is 0.440. The van der Waals surface area contributed by atoms with E-state index in [0.29, 0.717) is 10.7 Å². The molecule has 0 aliphatic rings. The van der Waals surface area contributed by atoms with Gasteiger partial charge in [-0.1, -0.05) is 24.3 Å². The fourth-order valence-electron chi connectivity index (χ4n) is 0.266. The van der Waals surface area contributed by atoms with Crippen molar-refractivity contribution in [1.82, 2.24) is 0 Å². The summed E-state index contributed by atoms with van der Waals surface area (Å²) in [6.45, 7) is 5.08. The largest absolute Gasteiger partial charge is 0.306 e. The molecule has 1 N–H and O–H groups in total. The zero-order valence-electron chi connectivity index (χ0n) is 4.74. The highest BCUT2D eigenvalue weighted by molar-refractivity contribution is 6.32. The van der Waals surface area contributed by atoms with Gasteiger partial charge in [0.25, 0.3) is 0 Å². The fraction of sp³-hybridized carbons (Fsp3) is 0.167.